The third kappa shape index (κ3) is 37.2. The highest BCUT2D eigenvalue weighted by atomic mass is 32.3. The molecule has 0 amide bonds. The summed E-state index contributed by atoms with van der Waals surface area (Å²) in [6.45, 7) is 4.01. The van der Waals surface area contributed by atoms with Crippen molar-refractivity contribution in [2.24, 2.45) is 0 Å². The molecule has 4 N–H and O–H groups in total. The smallest absolute Gasteiger partial charge is 0.397 e. The number of ether oxygens (including phenoxy) is 4. The Kier molecular flexibility index (Phi) is 41.5. The van der Waals surface area contributed by atoms with Gasteiger partial charge in [0, 0.05) is 13.0 Å². The molecule has 384 valence electrons. The van der Waals surface area contributed by atoms with Crippen molar-refractivity contribution >= 4 is 16.4 Å². The van der Waals surface area contributed by atoms with Gasteiger partial charge in [0.25, 0.3) is 0 Å². The fourth-order valence-corrected chi connectivity index (χ4v) is 8.76. The lowest BCUT2D eigenvalue weighted by atomic mass is 9.99. The molecule has 6 unspecified atom stereocenters. The minimum Gasteiger partial charge on any atom is -0.457 e. The molecule has 12 nitrogen and oxygen atoms in total. The zero-order valence-corrected chi connectivity index (χ0v) is 42.1. The standard InChI is InChI=1S/C52H98O12S/c1-3-5-7-9-11-13-15-17-19-21-22-23-24-25-26-28-30-32-34-36-38-40-42-60-44-46(45-61-52-50(56)51(64-65(57,58)59)49(55)47(43-53)63-52)62-48(54)41-39-37-35-33-31-29-27-20-18-16-14-12-10-8-6-4-2/h20-22,27,46-47,49-53,55-56H,3-19,23-26,28-45H2,1-2H3,(H,57,58,59)/b22-21-,27-20-. The van der Waals surface area contributed by atoms with Crippen LogP contribution in [0.3, 0.4) is 0 Å². The molecule has 0 radical (unpaired) electrons. The molecule has 65 heavy (non-hydrogen) atoms. The first-order valence-electron chi connectivity index (χ1n) is 26.6. The molecule has 0 aromatic rings. The first-order valence-corrected chi connectivity index (χ1v) is 28.0. The van der Waals surface area contributed by atoms with Crippen LogP contribution < -0.4 is 0 Å². The molecule has 6 atom stereocenters. The molecular formula is C52H98O12S. The Labute approximate surface area is 397 Å². The Morgan fingerprint density at radius 3 is 1.38 bits per heavy atom. The Balaban J connectivity index is 2.33. The maximum atomic E-state index is 12.9. The highest BCUT2D eigenvalue weighted by molar-refractivity contribution is 7.80. The van der Waals surface area contributed by atoms with Crippen LogP contribution in [0.2, 0.25) is 0 Å². The summed E-state index contributed by atoms with van der Waals surface area (Å²) in [5.41, 5.74) is 0. The molecule has 0 aromatic carbocycles. The maximum absolute atomic E-state index is 12.9. The Bertz CT molecular complexity index is 1230. The lowest BCUT2D eigenvalue weighted by Crippen LogP contribution is -2.60. The van der Waals surface area contributed by atoms with Crippen LogP contribution >= 0.6 is 0 Å². The van der Waals surface area contributed by atoms with E-state index >= 15 is 0 Å². The summed E-state index contributed by atoms with van der Waals surface area (Å²) in [6, 6.07) is 0. The lowest BCUT2D eigenvalue weighted by Gasteiger charge is -2.41. The van der Waals surface area contributed by atoms with Crippen LogP contribution in [-0.4, -0.2) is 97.5 Å². The van der Waals surface area contributed by atoms with Gasteiger partial charge in [-0.2, -0.15) is 8.42 Å². The van der Waals surface area contributed by atoms with E-state index in [0.29, 0.717) is 13.0 Å². The van der Waals surface area contributed by atoms with Crippen molar-refractivity contribution in [3.8, 4) is 0 Å². The summed E-state index contributed by atoms with van der Waals surface area (Å²) >= 11 is 0. The van der Waals surface area contributed by atoms with Gasteiger partial charge in [-0.25, -0.2) is 4.18 Å². The van der Waals surface area contributed by atoms with Gasteiger partial charge in [0.1, 0.15) is 30.5 Å². The molecule has 1 heterocycles. The summed E-state index contributed by atoms with van der Waals surface area (Å²) in [5, 5.41) is 30.8. The number of esters is 1. The highest BCUT2D eigenvalue weighted by Crippen LogP contribution is 2.26. The van der Waals surface area contributed by atoms with Crippen molar-refractivity contribution in [3.63, 3.8) is 0 Å². The predicted octanol–water partition coefficient (Wildman–Crippen LogP) is 12.4. The van der Waals surface area contributed by atoms with Crippen LogP contribution in [0.25, 0.3) is 0 Å². The second-order valence-corrected chi connectivity index (χ2v) is 19.5. The SMILES string of the molecule is CCCCCCCCC/C=C\CCCCCCCC(=O)OC(COCCCCCCCCCCCC/C=C\CCCCCCCCCC)COC1OC(CO)C(O)C(OS(=O)(=O)O)C1O. The number of carbonyl (C=O) groups excluding carboxylic acids is 1. The van der Waals surface area contributed by atoms with Crippen molar-refractivity contribution in [2.45, 2.75) is 275 Å². The molecule has 0 saturated carbocycles. The molecule has 1 aliphatic rings. The normalized spacial score (nSPS) is 19.8. The van der Waals surface area contributed by atoms with Crippen LogP contribution in [0.15, 0.2) is 24.3 Å². The van der Waals surface area contributed by atoms with Gasteiger partial charge in [0.05, 0.1) is 19.8 Å². The van der Waals surface area contributed by atoms with Crippen molar-refractivity contribution in [1.82, 2.24) is 0 Å². The summed E-state index contributed by atoms with van der Waals surface area (Å²) in [4.78, 5) is 12.9. The van der Waals surface area contributed by atoms with E-state index in [2.05, 4.69) is 42.3 Å². The van der Waals surface area contributed by atoms with Gasteiger partial charge in [0.2, 0.25) is 0 Å². The van der Waals surface area contributed by atoms with E-state index in [9.17, 15) is 33.1 Å². The molecule has 0 aromatic heterocycles. The molecule has 13 heteroatoms. The van der Waals surface area contributed by atoms with Crippen molar-refractivity contribution in [3.05, 3.63) is 24.3 Å². The third-order valence-corrected chi connectivity index (χ3v) is 12.8. The van der Waals surface area contributed by atoms with Crippen LogP contribution in [-0.2, 0) is 38.3 Å². The van der Waals surface area contributed by atoms with Crippen LogP contribution in [0.1, 0.15) is 239 Å². The molecule has 1 fully saturated rings. The van der Waals surface area contributed by atoms with Gasteiger partial charge in [-0.3, -0.25) is 9.35 Å². The zero-order chi connectivity index (χ0) is 47.5. The van der Waals surface area contributed by atoms with Gasteiger partial charge >= 0.3 is 16.4 Å². The van der Waals surface area contributed by atoms with Crippen molar-refractivity contribution < 1.29 is 56.2 Å². The van der Waals surface area contributed by atoms with Crippen LogP contribution in [0, 0.1) is 0 Å². The van der Waals surface area contributed by atoms with Gasteiger partial charge < -0.3 is 34.3 Å². The quantitative estimate of drug-likeness (QED) is 0.0197. The number of hydrogen-bond acceptors (Lipinski definition) is 11. The first kappa shape index (κ1) is 61.6. The lowest BCUT2D eigenvalue weighted by molar-refractivity contribution is -0.301. The molecule has 1 aliphatic heterocycles. The Morgan fingerprint density at radius 2 is 0.969 bits per heavy atom. The fraction of sp³-hybridized carbons (Fsp3) is 0.904. The number of aliphatic hydroxyl groups excluding tert-OH is 3. The highest BCUT2D eigenvalue weighted by Gasteiger charge is 2.48. The number of hydrogen-bond donors (Lipinski definition) is 4. The number of unbranched alkanes of at least 4 members (excludes halogenated alkanes) is 30. The van der Waals surface area contributed by atoms with E-state index in [0.717, 1.165) is 57.8 Å². The monoisotopic (exact) mass is 947 g/mol. The predicted molar refractivity (Wildman–Crippen MR) is 262 cm³/mol. The number of carbonyl (C=O) groups is 1. The third-order valence-electron chi connectivity index (χ3n) is 12.3. The Hall–Kier alpha value is -1.42. The molecule has 0 aliphatic carbocycles. The second kappa shape index (κ2) is 43.8. The zero-order valence-electron chi connectivity index (χ0n) is 41.3. The molecule has 0 bridgehead atoms. The van der Waals surface area contributed by atoms with E-state index in [1.807, 2.05) is 0 Å². The molecule has 0 spiro atoms. The van der Waals surface area contributed by atoms with E-state index in [-0.39, 0.29) is 19.6 Å². The number of aliphatic hydroxyl groups is 3. The fourth-order valence-electron chi connectivity index (χ4n) is 8.25. The summed E-state index contributed by atoms with van der Waals surface area (Å²) < 4.78 is 59.3. The Morgan fingerprint density at radius 1 is 0.569 bits per heavy atom. The van der Waals surface area contributed by atoms with Gasteiger partial charge in [-0.05, 0) is 64.2 Å². The molecule has 1 saturated heterocycles. The van der Waals surface area contributed by atoms with Gasteiger partial charge in [-0.15, -0.1) is 0 Å². The summed E-state index contributed by atoms with van der Waals surface area (Å²) in [5.74, 6) is -0.405. The topological polar surface area (TPSA) is 178 Å². The van der Waals surface area contributed by atoms with Gasteiger partial charge in [0.15, 0.2) is 6.29 Å². The van der Waals surface area contributed by atoms with E-state index < -0.39 is 59.8 Å². The van der Waals surface area contributed by atoms with Crippen molar-refractivity contribution in [1.29, 1.82) is 0 Å². The van der Waals surface area contributed by atoms with E-state index in [4.69, 9.17) is 18.9 Å². The average Bonchev–Trinajstić information content (AvgIpc) is 3.28. The van der Waals surface area contributed by atoms with Crippen LogP contribution in [0.4, 0.5) is 0 Å². The largest absolute Gasteiger partial charge is 0.457 e. The average molecular weight is 947 g/mol. The minimum absolute atomic E-state index is 0.0348. The summed E-state index contributed by atoms with van der Waals surface area (Å²) in [6.07, 6.45) is 42.1. The number of rotatable bonds is 47. The maximum Gasteiger partial charge on any atom is 0.397 e. The number of allylic oxidation sites excluding steroid dienone is 4. The molecule has 1 rings (SSSR count). The van der Waals surface area contributed by atoms with E-state index in [1.54, 1.807) is 0 Å². The van der Waals surface area contributed by atoms with Gasteiger partial charge in [-0.1, -0.05) is 192 Å². The summed E-state index contributed by atoms with van der Waals surface area (Å²) in [7, 11) is -5.06. The second-order valence-electron chi connectivity index (χ2n) is 18.5. The molecular weight excluding hydrogens is 849 g/mol. The van der Waals surface area contributed by atoms with Crippen LogP contribution in [0.5, 0.6) is 0 Å². The van der Waals surface area contributed by atoms with Crippen molar-refractivity contribution in [2.75, 3.05) is 26.4 Å². The first-order chi connectivity index (χ1) is 31.6. The minimum atomic E-state index is -5.06. The van der Waals surface area contributed by atoms with E-state index in [1.165, 1.54) is 154 Å².